The number of ether oxygens (including phenoxy) is 2. The summed E-state index contributed by atoms with van der Waals surface area (Å²) in [5, 5.41) is 0.778. The highest BCUT2D eigenvalue weighted by Crippen LogP contribution is 2.31. The molecular formula is C25H20O5. The molecule has 0 fully saturated rings. The van der Waals surface area contributed by atoms with Crippen LogP contribution in [0.15, 0.2) is 94.1 Å². The van der Waals surface area contributed by atoms with Crippen LogP contribution in [0.4, 0.5) is 0 Å². The highest BCUT2D eigenvalue weighted by atomic mass is 16.6. The Kier molecular flexibility index (Phi) is 5.61. The van der Waals surface area contributed by atoms with Gasteiger partial charge in [-0.15, -0.1) is 0 Å². The summed E-state index contributed by atoms with van der Waals surface area (Å²) in [4.78, 5) is 24.6. The van der Waals surface area contributed by atoms with Crippen LogP contribution in [0.25, 0.3) is 22.1 Å². The van der Waals surface area contributed by atoms with Gasteiger partial charge in [0.2, 0.25) is 6.10 Å². The van der Waals surface area contributed by atoms with Gasteiger partial charge in [-0.2, -0.15) is 0 Å². The molecule has 0 bridgehead atoms. The highest BCUT2D eigenvalue weighted by Gasteiger charge is 2.24. The van der Waals surface area contributed by atoms with Gasteiger partial charge in [-0.05, 0) is 30.2 Å². The maximum Gasteiger partial charge on any atom is 0.352 e. The van der Waals surface area contributed by atoms with Crippen LogP contribution in [0.1, 0.15) is 18.6 Å². The lowest BCUT2D eigenvalue weighted by molar-refractivity contribution is -0.151. The fourth-order valence-electron chi connectivity index (χ4n) is 3.31. The summed E-state index contributed by atoms with van der Waals surface area (Å²) in [7, 11) is 0. The van der Waals surface area contributed by atoms with E-state index in [4.69, 9.17) is 13.9 Å². The van der Waals surface area contributed by atoms with Gasteiger partial charge in [0, 0.05) is 23.1 Å². The van der Waals surface area contributed by atoms with E-state index in [1.807, 2.05) is 54.6 Å². The van der Waals surface area contributed by atoms with Crippen LogP contribution in [0, 0.1) is 0 Å². The lowest BCUT2D eigenvalue weighted by atomic mass is 10.0. The summed E-state index contributed by atoms with van der Waals surface area (Å²) >= 11 is 0. The van der Waals surface area contributed by atoms with Gasteiger partial charge in [0.25, 0.3) is 0 Å². The molecule has 4 rings (SSSR count). The Hall–Kier alpha value is -3.86. The van der Waals surface area contributed by atoms with Gasteiger partial charge in [-0.25, -0.2) is 9.59 Å². The third-order valence-corrected chi connectivity index (χ3v) is 4.66. The van der Waals surface area contributed by atoms with E-state index < -0.39 is 17.7 Å². The van der Waals surface area contributed by atoms with Gasteiger partial charge < -0.3 is 13.9 Å². The molecule has 4 aromatic rings. The number of benzene rings is 3. The van der Waals surface area contributed by atoms with Crippen LogP contribution in [0.3, 0.4) is 0 Å². The second-order valence-corrected chi connectivity index (χ2v) is 6.66. The van der Waals surface area contributed by atoms with Gasteiger partial charge in [-0.3, -0.25) is 0 Å². The number of esters is 1. The van der Waals surface area contributed by atoms with E-state index in [1.165, 1.54) is 6.07 Å². The van der Waals surface area contributed by atoms with E-state index in [2.05, 4.69) is 0 Å². The van der Waals surface area contributed by atoms with Crippen molar-refractivity contribution in [3.63, 3.8) is 0 Å². The van der Waals surface area contributed by atoms with Gasteiger partial charge in [0.15, 0.2) is 0 Å². The van der Waals surface area contributed by atoms with Gasteiger partial charge >= 0.3 is 11.6 Å². The zero-order chi connectivity index (χ0) is 20.9. The predicted molar refractivity (Wildman–Crippen MR) is 114 cm³/mol. The first kappa shape index (κ1) is 19.5. The van der Waals surface area contributed by atoms with Crippen molar-refractivity contribution in [1.29, 1.82) is 0 Å². The van der Waals surface area contributed by atoms with Crippen molar-refractivity contribution in [3.05, 3.63) is 101 Å². The molecule has 30 heavy (non-hydrogen) atoms. The molecule has 0 unspecified atom stereocenters. The van der Waals surface area contributed by atoms with Gasteiger partial charge in [0.1, 0.15) is 11.3 Å². The molecule has 0 N–H and O–H groups in total. The Morgan fingerprint density at radius 1 is 0.933 bits per heavy atom. The van der Waals surface area contributed by atoms with E-state index in [9.17, 15) is 9.59 Å². The molecule has 5 heteroatoms. The van der Waals surface area contributed by atoms with Crippen molar-refractivity contribution in [3.8, 4) is 16.9 Å². The van der Waals surface area contributed by atoms with Crippen LogP contribution in [-0.2, 0) is 9.53 Å². The Bertz CT molecular complexity index is 1210. The van der Waals surface area contributed by atoms with Crippen molar-refractivity contribution >= 4 is 16.9 Å². The number of carbonyl (C=O) groups is 1. The molecule has 3 aromatic carbocycles. The largest absolute Gasteiger partial charge is 0.474 e. The second-order valence-electron chi connectivity index (χ2n) is 6.66. The van der Waals surface area contributed by atoms with Crippen LogP contribution in [-0.4, -0.2) is 12.6 Å². The summed E-state index contributed by atoms with van der Waals surface area (Å²) in [5.74, 6) is -0.0824. The molecule has 1 heterocycles. The predicted octanol–water partition coefficient (Wildman–Crippen LogP) is 5.14. The van der Waals surface area contributed by atoms with Crippen molar-refractivity contribution in [1.82, 2.24) is 0 Å². The van der Waals surface area contributed by atoms with Crippen LogP contribution in [0.5, 0.6) is 5.75 Å². The second kappa shape index (κ2) is 8.66. The van der Waals surface area contributed by atoms with Crippen LogP contribution >= 0.6 is 0 Å². The first-order chi connectivity index (χ1) is 14.7. The Labute approximate surface area is 173 Å². The quantitative estimate of drug-likeness (QED) is 0.331. The highest BCUT2D eigenvalue weighted by molar-refractivity contribution is 5.93. The third kappa shape index (κ3) is 4.10. The van der Waals surface area contributed by atoms with Crippen molar-refractivity contribution in [2.24, 2.45) is 0 Å². The Balaban J connectivity index is 1.74. The summed E-state index contributed by atoms with van der Waals surface area (Å²) in [6.07, 6.45) is -0.923. The zero-order valence-corrected chi connectivity index (χ0v) is 16.4. The third-order valence-electron chi connectivity index (χ3n) is 4.66. The van der Waals surface area contributed by atoms with E-state index in [0.29, 0.717) is 16.9 Å². The lowest BCUT2D eigenvalue weighted by Gasteiger charge is -2.18. The average molecular weight is 400 g/mol. The number of carbonyl (C=O) groups excluding carboxylic acids is 1. The Morgan fingerprint density at radius 2 is 1.63 bits per heavy atom. The minimum atomic E-state index is -0.923. The molecule has 0 aliphatic rings. The molecule has 150 valence electrons. The number of rotatable bonds is 6. The normalized spacial score (nSPS) is 11.8. The molecule has 0 spiro atoms. The minimum Gasteiger partial charge on any atom is -0.474 e. The molecular weight excluding hydrogens is 380 g/mol. The molecule has 0 aliphatic heterocycles. The summed E-state index contributed by atoms with van der Waals surface area (Å²) in [5.41, 5.74) is 2.30. The molecule has 0 amide bonds. The standard InChI is InChI=1S/C25H20O5/c1-2-28-25(27)24(18-11-7-4-8-12-18)29-19-13-14-20-21(17-9-5-3-6-10-17)16-23(26)30-22(20)15-19/h3-16,24H,2H2,1H3/t24-/m0/s1. The zero-order valence-electron chi connectivity index (χ0n) is 16.4. The van der Waals surface area contributed by atoms with E-state index in [-0.39, 0.29) is 6.61 Å². The number of hydrogen-bond acceptors (Lipinski definition) is 5. The molecule has 0 aliphatic carbocycles. The monoisotopic (exact) mass is 400 g/mol. The van der Waals surface area contributed by atoms with E-state index >= 15 is 0 Å². The smallest absolute Gasteiger partial charge is 0.352 e. The van der Waals surface area contributed by atoms with Crippen molar-refractivity contribution in [2.45, 2.75) is 13.0 Å². The molecule has 0 saturated carbocycles. The summed E-state index contributed by atoms with van der Waals surface area (Å²) in [6.45, 7) is 1.99. The molecule has 5 nitrogen and oxygen atoms in total. The minimum absolute atomic E-state index is 0.249. The van der Waals surface area contributed by atoms with Crippen molar-refractivity contribution < 1.29 is 18.7 Å². The van der Waals surface area contributed by atoms with E-state index in [1.54, 1.807) is 31.2 Å². The molecule has 1 atom stereocenters. The SMILES string of the molecule is CCOC(=O)[C@@H](Oc1ccc2c(-c3ccccc3)cc(=O)oc2c1)c1ccccc1. The first-order valence-electron chi connectivity index (χ1n) is 9.67. The fourth-order valence-corrected chi connectivity index (χ4v) is 3.31. The van der Waals surface area contributed by atoms with Crippen LogP contribution < -0.4 is 10.4 Å². The maximum absolute atomic E-state index is 12.5. The molecule has 0 radical (unpaired) electrons. The fraction of sp³-hybridized carbons (Fsp3) is 0.120. The number of fused-ring (bicyclic) bond motifs is 1. The molecule has 0 saturated heterocycles. The van der Waals surface area contributed by atoms with Crippen LogP contribution in [0.2, 0.25) is 0 Å². The van der Waals surface area contributed by atoms with E-state index in [0.717, 1.165) is 16.5 Å². The topological polar surface area (TPSA) is 65.7 Å². The molecule has 1 aromatic heterocycles. The average Bonchev–Trinajstić information content (AvgIpc) is 2.78. The lowest BCUT2D eigenvalue weighted by Crippen LogP contribution is -2.21. The summed E-state index contributed by atoms with van der Waals surface area (Å²) < 4.78 is 16.6. The Morgan fingerprint density at radius 3 is 2.33 bits per heavy atom. The first-order valence-corrected chi connectivity index (χ1v) is 9.67. The van der Waals surface area contributed by atoms with Crippen molar-refractivity contribution in [2.75, 3.05) is 6.61 Å². The van der Waals surface area contributed by atoms with Gasteiger partial charge in [0.05, 0.1) is 6.61 Å². The summed E-state index contributed by atoms with van der Waals surface area (Å²) in [6, 6.07) is 25.4. The number of hydrogen-bond donors (Lipinski definition) is 0. The van der Waals surface area contributed by atoms with Gasteiger partial charge in [-0.1, -0.05) is 60.7 Å². The maximum atomic E-state index is 12.5.